The van der Waals surface area contributed by atoms with Crippen molar-refractivity contribution in [1.29, 1.82) is 0 Å². The van der Waals surface area contributed by atoms with Gasteiger partial charge in [-0.3, -0.25) is 9.48 Å². The van der Waals surface area contributed by atoms with E-state index in [1.807, 2.05) is 25.1 Å². The van der Waals surface area contributed by atoms with Crippen LogP contribution in [0.1, 0.15) is 23.2 Å². The number of nitrogens with zero attached hydrogens (tertiary/aromatic N) is 2. The molecule has 0 amide bonds. The second-order valence-electron chi connectivity index (χ2n) is 4.13. The van der Waals surface area contributed by atoms with Crippen molar-refractivity contribution in [2.24, 2.45) is 0 Å². The lowest BCUT2D eigenvalue weighted by molar-refractivity contribution is 0.100. The highest BCUT2D eigenvalue weighted by Gasteiger charge is 2.18. The van der Waals surface area contributed by atoms with Crippen molar-refractivity contribution in [1.82, 2.24) is 9.78 Å². The first-order chi connectivity index (χ1) is 9.20. The molecule has 0 aliphatic heterocycles. The lowest BCUT2D eigenvalue weighted by atomic mass is 10.2. The average molecular weight is 319 g/mol. The maximum atomic E-state index is 12.4. The molecule has 5 heteroatoms. The number of carbonyl (C=O) groups excluding carboxylic acids is 1. The van der Waals surface area contributed by atoms with Crippen molar-refractivity contribution < 1.29 is 9.21 Å². The normalized spacial score (nSPS) is 11.1. The van der Waals surface area contributed by atoms with E-state index < -0.39 is 0 Å². The number of aryl methyl sites for hydroxylation is 1. The molecule has 3 aromatic rings. The molecule has 0 aliphatic rings. The third-order valence-electron chi connectivity index (χ3n) is 2.97. The summed E-state index contributed by atoms with van der Waals surface area (Å²) in [6.07, 6.45) is 1.62. The molecule has 0 aliphatic carbocycles. The summed E-state index contributed by atoms with van der Waals surface area (Å²) in [6.45, 7) is 2.59. The fourth-order valence-corrected chi connectivity index (χ4v) is 2.51. The van der Waals surface area contributed by atoms with Crippen LogP contribution < -0.4 is 0 Å². The van der Waals surface area contributed by atoms with Crippen LogP contribution in [0.2, 0.25) is 0 Å². The molecule has 2 aromatic heterocycles. The van der Waals surface area contributed by atoms with E-state index in [9.17, 15) is 4.79 Å². The van der Waals surface area contributed by atoms with Crippen LogP contribution in [-0.4, -0.2) is 15.6 Å². The third-order valence-corrected chi connectivity index (χ3v) is 3.59. The second-order valence-corrected chi connectivity index (χ2v) is 4.98. The van der Waals surface area contributed by atoms with E-state index in [0.29, 0.717) is 23.6 Å². The van der Waals surface area contributed by atoms with Crippen molar-refractivity contribution in [3.8, 4) is 0 Å². The van der Waals surface area contributed by atoms with Gasteiger partial charge in [-0.05, 0) is 41.1 Å². The summed E-state index contributed by atoms with van der Waals surface area (Å²) in [5.74, 6) is 0.180. The largest absolute Gasteiger partial charge is 0.451 e. The maximum absolute atomic E-state index is 12.4. The molecule has 19 heavy (non-hydrogen) atoms. The summed E-state index contributed by atoms with van der Waals surface area (Å²) in [6, 6.07) is 9.17. The van der Waals surface area contributed by atoms with Crippen LogP contribution in [0.15, 0.2) is 45.4 Å². The molecule has 3 rings (SSSR count). The van der Waals surface area contributed by atoms with E-state index in [2.05, 4.69) is 21.0 Å². The summed E-state index contributed by atoms with van der Waals surface area (Å²) in [5.41, 5.74) is 1.23. The van der Waals surface area contributed by atoms with Gasteiger partial charge in [0.1, 0.15) is 11.3 Å². The van der Waals surface area contributed by atoms with Gasteiger partial charge in [0.2, 0.25) is 5.78 Å². The number of halogens is 1. The van der Waals surface area contributed by atoms with Gasteiger partial charge < -0.3 is 4.42 Å². The Bertz CT molecular complexity index is 758. The molecule has 0 saturated carbocycles. The smallest absolute Gasteiger partial charge is 0.246 e. The summed E-state index contributed by atoms with van der Waals surface area (Å²) < 4.78 is 8.14. The zero-order chi connectivity index (χ0) is 13.4. The van der Waals surface area contributed by atoms with E-state index in [1.165, 1.54) is 0 Å². The van der Waals surface area contributed by atoms with Crippen LogP contribution in [0.4, 0.5) is 0 Å². The van der Waals surface area contributed by atoms with Crippen molar-refractivity contribution in [3.05, 3.63) is 52.5 Å². The fourth-order valence-electron chi connectivity index (χ4n) is 2.04. The van der Waals surface area contributed by atoms with Crippen LogP contribution in [0.5, 0.6) is 0 Å². The van der Waals surface area contributed by atoms with Gasteiger partial charge in [0.25, 0.3) is 0 Å². The number of benzene rings is 1. The first-order valence-electron chi connectivity index (χ1n) is 5.95. The molecule has 2 heterocycles. The first-order valence-corrected chi connectivity index (χ1v) is 6.74. The maximum Gasteiger partial charge on any atom is 0.246 e. The molecule has 0 saturated heterocycles. The van der Waals surface area contributed by atoms with Crippen molar-refractivity contribution in [2.75, 3.05) is 0 Å². The minimum atomic E-state index is -0.151. The summed E-state index contributed by atoms with van der Waals surface area (Å²) in [4.78, 5) is 12.4. The van der Waals surface area contributed by atoms with Gasteiger partial charge in [0, 0.05) is 18.1 Å². The van der Waals surface area contributed by atoms with E-state index >= 15 is 0 Å². The molecule has 0 radical (unpaired) electrons. The molecule has 4 nitrogen and oxygen atoms in total. The Balaban J connectivity index is 2.09. The van der Waals surface area contributed by atoms with Crippen molar-refractivity contribution >= 4 is 32.7 Å². The first kappa shape index (κ1) is 12.2. The highest BCUT2D eigenvalue weighted by Crippen LogP contribution is 2.28. The van der Waals surface area contributed by atoms with Gasteiger partial charge in [-0.1, -0.05) is 12.1 Å². The van der Waals surface area contributed by atoms with Gasteiger partial charge in [0.05, 0.1) is 4.47 Å². The highest BCUT2D eigenvalue weighted by atomic mass is 79.9. The number of hydrogen-bond donors (Lipinski definition) is 0. The number of furan rings is 1. The van der Waals surface area contributed by atoms with Crippen LogP contribution in [0, 0.1) is 0 Å². The molecule has 1 aromatic carbocycles. The number of para-hydroxylation sites is 1. The quantitative estimate of drug-likeness (QED) is 0.693. The molecule has 0 atom stereocenters. The predicted octanol–water partition coefficient (Wildman–Crippen LogP) is 3.64. The number of rotatable bonds is 3. The van der Waals surface area contributed by atoms with Gasteiger partial charge in [0.15, 0.2) is 5.76 Å². The highest BCUT2D eigenvalue weighted by molar-refractivity contribution is 9.10. The number of ketones is 1. The van der Waals surface area contributed by atoms with Crippen LogP contribution in [-0.2, 0) is 6.54 Å². The van der Waals surface area contributed by atoms with Crippen LogP contribution in [0.3, 0.4) is 0 Å². The lowest BCUT2D eigenvalue weighted by Gasteiger charge is -2.00. The number of carbonyl (C=O) groups is 1. The second kappa shape index (κ2) is 4.66. The van der Waals surface area contributed by atoms with E-state index in [4.69, 9.17) is 4.42 Å². The molecule has 0 spiro atoms. The zero-order valence-corrected chi connectivity index (χ0v) is 11.8. The van der Waals surface area contributed by atoms with Crippen molar-refractivity contribution in [2.45, 2.75) is 13.5 Å². The molecular weight excluding hydrogens is 308 g/mol. The van der Waals surface area contributed by atoms with Crippen LogP contribution in [0.25, 0.3) is 11.0 Å². The Morgan fingerprint density at radius 3 is 3.00 bits per heavy atom. The topological polar surface area (TPSA) is 48.0 Å². The number of aromatic nitrogens is 2. The van der Waals surface area contributed by atoms with E-state index in [1.54, 1.807) is 23.0 Å². The summed E-state index contributed by atoms with van der Waals surface area (Å²) >= 11 is 3.41. The van der Waals surface area contributed by atoms with Crippen molar-refractivity contribution in [3.63, 3.8) is 0 Å². The Morgan fingerprint density at radius 2 is 2.26 bits per heavy atom. The molecule has 0 N–H and O–H groups in total. The molecular formula is C14H11BrN2O2. The predicted molar refractivity (Wildman–Crippen MR) is 75.2 cm³/mol. The SMILES string of the molecule is CCn1nccc1C(=O)c1cc2cccc(Br)c2o1. The fraction of sp³-hybridized carbons (Fsp3) is 0.143. The Kier molecular flexibility index (Phi) is 2.98. The van der Waals surface area contributed by atoms with Gasteiger partial charge in [-0.2, -0.15) is 5.10 Å². The lowest BCUT2D eigenvalue weighted by Crippen LogP contribution is -2.09. The van der Waals surface area contributed by atoms with E-state index in [0.717, 1.165) is 9.86 Å². The van der Waals surface area contributed by atoms with E-state index in [-0.39, 0.29) is 5.78 Å². The third kappa shape index (κ3) is 2.00. The Morgan fingerprint density at radius 1 is 1.42 bits per heavy atom. The summed E-state index contributed by atoms with van der Waals surface area (Å²) in [7, 11) is 0. The van der Waals surface area contributed by atoms with Crippen LogP contribution >= 0.6 is 15.9 Å². The average Bonchev–Trinajstić information content (AvgIpc) is 3.04. The summed E-state index contributed by atoms with van der Waals surface area (Å²) in [5, 5.41) is 5.00. The molecule has 96 valence electrons. The Labute approximate surface area is 118 Å². The minimum absolute atomic E-state index is 0.151. The van der Waals surface area contributed by atoms with Gasteiger partial charge in [-0.15, -0.1) is 0 Å². The molecule has 0 unspecified atom stereocenters. The minimum Gasteiger partial charge on any atom is -0.451 e. The van der Waals surface area contributed by atoms with Gasteiger partial charge in [-0.25, -0.2) is 0 Å². The molecule has 0 fully saturated rings. The number of fused-ring (bicyclic) bond motifs is 1. The number of hydrogen-bond acceptors (Lipinski definition) is 3. The van der Waals surface area contributed by atoms with Gasteiger partial charge >= 0.3 is 0 Å². The monoisotopic (exact) mass is 318 g/mol. The Hall–Kier alpha value is -1.88. The zero-order valence-electron chi connectivity index (χ0n) is 10.3. The molecule has 0 bridgehead atoms. The standard InChI is InChI=1S/C14H11BrN2O2/c1-2-17-11(6-7-16-17)13(18)12-8-9-4-3-5-10(15)14(9)19-12/h3-8H,2H2,1H3.